The lowest BCUT2D eigenvalue weighted by molar-refractivity contribution is 0.0517. The smallest absolute Gasteiger partial charge is 0.410 e. The van der Waals surface area contributed by atoms with Crippen LogP contribution in [0.4, 0.5) is 4.79 Å². The van der Waals surface area contributed by atoms with Crippen LogP contribution < -0.4 is 0 Å². The van der Waals surface area contributed by atoms with Crippen molar-refractivity contribution in [3.05, 3.63) is 51.3 Å². The van der Waals surface area contributed by atoms with E-state index in [9.17, 15) is 9.59 Å². The summed E-state index contributed by atoms with van der Waals surface area (Å²) in [5, 5.41) is 4.43. The van der Waals surface area contributed by atoms with Gasteiger partial charge in [-0.15, -0.1) is 0 Å². The standard InChI is InChI=1S/C19H22ClN3O4/c1-4-26-18(24)17-16(20)15-10-22(5-6-23(15)21-17)19(25)27-11-14-8-12(2)7-13(3)9-14/h7-9H,4-6,10-11H2,1-3H3. The van der Waals surface area contributed by atoms with Crippen LogP contribution >= 0.6 is 11.6 Å². The molecule has 1 aromatic heterocycles. The number of nitrogens with zero attached hydrogens (tertiary/aromatic N) is 3. The fraction of sp³-hybridized carbons (Fsp3) is 0.421. The third kappa shape index (κ3) is 4.24. The molecule has 1 aliphatic rings. The van der Waals surface area contributed by atoms with Crippen LogP contribution in [-0.4, -0.2) is 39.9 Å². The first-order chi connectivity index (χ1) is 12.9. The van der Waals surface area contributed by atoms with Crippen LogP contribution in [0.5, 0.6) is 0 Å². The first-order valence-corrected chi connectivity index (χ1v) is 9.18. The molecule has 0 aliphatic carbocycles. The lowest BCUT2D eigenvalue weighted by atomic mass is 10.1. The third-order valence-corrected chi connectivity index (χ3v) is 4.68. The maximum absolute atomic E-state index is 12.4. The molecule has 7 nitrogen and oxygen atoms in total. The van der Waals surface area contributed by atoms with E-state index in [1.807, 2.05) is 26.0 Å². The average Bonchev–Trinajstić information content (AvgIpc) is 2.95. The molecule has 0 unspecified atom stereocenters. The maximum atomic E-state index is 12.4. The van der Waals surface area contributed by atoms with Gasteiger partial charge in [0.2, 0.25) is 0 Å². The maximum Gasteiger partial charge on any atom is 0.410 e. The number of aromatic nitrogens is 2. The Bertz CT molecular complexity index is 858. The summed E-state index contributed by atoms with van der Waals surface area (Å²) < 4.78 is 12.1. The van der Waals surface area contributed by atoms with E-state index in [0.29, 0.717) is 18.8 Å². The predicted octanol–water partition coefficient (Wildman–Crippen LogP) is 3.48. The summed E-state index contributed by atoms with van der Waals surface area (Å²) in [6.45, 7) is 7.28. The zero-order valence-corrected chi connectivity index (χ0v) is 16.4. The lowest BCUT2D eigenvalue weighted by Gasteiger charge is -2.27. The van der Waals surface area contributed by atoms with Gasteiger partial charge in [-0.3, -0.25) is 4.68 Å². The summed E-state index contributed by atoms with van der Waals surface area (Å²) in [4.78, 5) is 25.9. The molecule has 1 amide bonds. The van der Waals surface area contributed by atoms with Crippen LogP contribution in [0.1, 0.15) is 39.8 Å². The molecule has 3 rings (SSSR count). The van der Waals surface area contributed by atoms with Gasteiger partial charge in [-0.1, -0.05) is 40.9 Å². The second-order valence-corrected chi connectivity index (χ2v) is 6.90. The van der Waals surface area contributed by atoms with Gasteiger partial charge in [-0.2, -0.15) is 5.10 Å². The largest absolute Gasteiger partial charge is 0.461 e. The second kappa shape index (κ2) is 8.00. The molecule has 0 bridgehead atoms. The van der Waals surface area contributed by atoms with Crippen molar-refractivity contribution >= 4 is 23.7 Å². The SMILES string of the molecule is CCOC(=O)c1nn2c(c1Cl)CN(C(=O)OCc1cc(C)cc(C)c1)CC2. The number of halogens is 1. The van der Waals surface area contributed by atoms with Crippen LogP contribution in [0.2, 0.25) is 5.02 Å². The number of carbonyl (C=O) groups is 2. The molecule has 0 fully saturated rings. The minimum Gasteiger partial charge on any atom is -0.461 e. The first kappa shape index (κ1) is 19.2. The van der Waals surface area contributed by atoms with Gasteiger partial charge in [0, 0.05) is 6.54 Å². The van der Waals surface area contributed by atoms with E-state index >= 15 is 0 Å². The third-order valence-electron chi connectivity index (χ3n) is 4.29. The number of aryl methyl sites for hydroxylation is 2. The van der Waals surface area contributed by atoms with Gasteiger partial charge in [0.25, 0.3) is 0 Å². The van der Waals surface area contributed by atoms with E-state index in [-0.39, 0.29) is 30.5 Å². The van der Waals surface area contributed by atoms with E-state index in [1.165, 1.54) is 0 Å². The van der Waals surface area contributed by atoms with Crippen LogP contribution in [0, 0.1) is 13.8 Å². The minimum atomic E-state index is -0.562. The zero-order valence-electron chi connectivity index (χ0n) is 15.6. The summed E-state index contributed by atoms with van der Waals surface area (Å²) in [5.74, 6) is -0.562. The molecule has 0 radical (unpaired) electrons. The fourth-order valence-electron chi connectivity index (χ4n) is 3.16. The lowest BCUT2D eigenvalue weighted by Crippen LogP contribution is -2.38. The summed E-state index contributed by atoms with van der Waals surface area (Å²) in [6, 6.07) is 6.06. The number of amides is 1. The number of benzene rings is 1. The molecule has 1 aliphatic heterocycles. The van der Waals surface area contributed by atoms with E-state index in [1.54, 1.807) is 16.5 Å². The Morgan fingerprint density at radius 1 is 1.15 bits per heavy atom. The Hall–Kier alpha value is -2.54. The molecule has 0 saturated carbocycles. The molecule has 8 heteroatoms. The Kier molecular flexibility index (Phi) is 5.70. The minimum absolute atomic E-state index is 0.0824. The van der Waals surface area contributed by atoms with Crippen LogP contribution in [0.3, 0.4) is 0 Å². The zero-order chi connectivity index (χ0) is 19.6. The molecule has 0 N–H and O–H groups in total. The van der Waals surface area contributed by atoms with Crippen molar-refractivity contribution in [3.63, 3.8) is 0 Å². The Morgan fingerprint density at radius 3 is 2.52 bits per heavy atom. The van der Waals surface area contributed by atoms with Crippen molar-refractivity contribution in [3.8, 4) is 0 Å². The van der Waals surface area contributed by atoms with Gasteiger partial charge in [0.15, 0.2) is 5.69 Å². The number of esters is 1. The van der Waals surface area contributed by atoms with Crippen molar-refractivity contribution in [1.82, 2.24) is 14.7 Å². The van der Waals surface area contributed by atoms with Crippen molar-refractivity contribution < 1.29 is 19.1 Å². The Labute approximate surface area is 162 Å². The predicted molar refractivity (Wildman–Crippen MR) is 99.7 cm³/mol. The molecular formula is C19H22ClN3O4. The Morgan fingerprint density at radius 2 is 1.85 bits per heavy atom. The Balaban J connectivity index is 1.66. The summed E-state index contributed by atoms with van der Waals surface area (Å²) in [6.07, 6.45) is -0.421. The van der Waals surface area contributed by atoms with Crippen molar-refractivity contribution in [2.24, 2.45) is 0 Å². The summed E-state index contributed by atoms with van der Waals surface area (Å²) in [7, 11) is 0. The monoisotopic (exact) mass is 391 g/mol. The fourth-order valence-corrected chi connectivity index (χ4v) is 3.43. The second-order valence-electron chi connectivity index (χ2n) is 6.52. The molecule has 0 spiro atoms. The van der Waals surface area contributed by atoms with Gasteiger partial charge in [-0.05, 0) is 26.3 Å². The van der Waals surface area contributed by atoms with Gasteiger partial charge in [-0.25, -0.2) is 9.59 Å². The molecule has 0 atom stereocenters. The normalized spacial score (nSPS) is 13.3. The van der Waals surface area contributed by atoms with Gasteiger partial charge < -0.3 is 14.4 Å². The highest BCUT2D eigenvalue weighted by Crippen LogP contribution is 2.26. The number of hydrogen-bond acceptors (Lipinski definition) is 5. The highest BCUT2D eigenvalue weighted by Gasteiger charge is 2.29. The van der Waals surface area contributed by atoms with Crippen molar-refractivity contribution in [1.29, 1.82) is 0 Å². The van der Waals surface area contributed by atoms with Crippen LogP contribution in [0.25, 0.3) is 0 Å². The topological polar surface area (TPSA) is 73.7 Å². The molecule has 2 aromatic rings. The van der Waals surface area contributed by atoms with E-state index < -0.39 is 12.1 Å². The molecule has 2 heterocycles. The van der Waals surface area contributed by atoms with Gasteiger partial charge in [0.1, 0.15) is 6.61 Å². The molecule has 27 heavy (non-hydrogen) atoms. The summed E-state index contributed by atoms with van der Waals surface area (Å²) in [5.41, 5.74) is 3.89. The number of carbonyl (C=O) groups excluding carboxylic acids is 2. The van der Waals surface area contributed by atoms with E-state index in [0.717, 1.165) is 16.7 Å². The highest BCUT2D eigenvalue weighted by molar-refractivity contribution is 6.34. The van der Waals surface area contributed by atoms with Gasteiger partial charge >= 0.3 is 12.1 Å². The number of hydrogen-bond donors (Lipinski definition) is 0. The molecule has 0 saturated heterocycles. The molecular weight excluding hydrogens is 370 g/mol. The van der Waals surface area contributed by atoms with Gasteiger partial charge in [0.05, 0.1) is 30.4 Å². The number of rotatable bonds is 4. The summed E-state index contributed by atoms with van der Waals surface area (Å²) >= 11 is 6.29. The van der Waals surface area contributed by atoms with Crippen LogP contribution in [0.15, 0.2) is 18.2 Å². The highest BCUT2D eigenvalue weighted by atomic mass is 35.5. The van der Waals surface area contributed by atoms with E-state index in [2.05, 4.69) is 11.2 Å². The van der Waals surface area contributed by atoms with Crippen molar-refractivity contribution in [2.45, 2.75) is 40.5 Å². The van der Waals surface area contributed by atoms with Crippen molar-refractivity contribution in [2.75, 3.05) is 13.2 Å². The quantitative estimate of drug-likeness (QED) is 0.746. The molecule has 144 valence electrons. The molecule has 1 aromatic carbocycles. The average molecular weight is 392 g/mol. The van der Waals surface area contributed by atoms with E-state index in [4.69, 9.17) is 21.1 Å². The number of ether oxygens (including phenoxy) is 2. The first-order valence-electron chi connectivity index (χ1n) is 8.80. The number of fused-ring (bicyclic) bond motifs is 1. The van der Waals surface area contributed by atoms with Crippen LogP contribution in [-0.2, 0) is 29.2 Å².